The van der Waals surface area contributed by atoms with Crippen LogP contribution in [0.15, 0.2) is 65.8 Å². The van der Waals surface area contributed by atoms with Gasteiger partial charge in [0.15, 0.2) is 9.84 Å². The van der Waals surface area contributed by atoms with E-state index < -0.39 is 28.2 Å². The van der Waals surface area contributed by atoms with Crippen molar-refractivity contribution in [2.45, 2.75) is 43.0 Å². The normalized spacial score (nSPS) is 17.2. The summed E-state index contributed by atoms with van der Waals surface area (Å²) in [5, 5.41) is 13.8. The van der Waals surface area contributed by atoms with Crippen molar-refractivity contribution in [2.75, 3.05) is 23.8 Å². The lowest BCUT2D eigenvalue weighted by atomic mass is 10.0. The number of nitrogens with one attached hydrogen (secondary N) is 1. The number of anilines is 1. The number of hydrogen-bond acceptors (Lipinski definition) is 9. The maximum Gasteiger partial charge on any atom is 0.404 e. The number of halogens is 1. The number of benzene rings is 2. The second kappa shape index (κ2) is 11.8. The molecule has 38 heavy (non-hydrogen) atoms. The highest BCUT2D eigenvalue weighted by atomic mass is 32.2. The lowest BCUT2D eigenvalue weighted by Gasteiger charge is -2.26. The summed E-state index contributed by atoms with van der Waals surface area (Å²) in [6.07, 6.45) is 2.52. The first-order valence-corrected chi connectivity index (χ1v) is 13.9. The molecule has 0 bridgehead atoms. The first kappa shape index (κ1) is 27.4. The van der Waals surface area contributed by atoms with Gasteiger partial charge in [0.05, 0.1) is 22.7 Å². The third-order valence-electron chi connectivity index (χ3n) is 6.49. The fourth-order valence-corrected chi connectivity index (χ4v) is 5.34. The molecule has 0 radical (unpaired) electrons. The van der Waals surface area contributed by atoms with E-state index in [1.165, 1.54) is 36.7 Å². The standard InChI is InChI=1S/C26H30FN5O5S/c1-2-38(35,36)21-10-8-17(9-11-21)22(16-37-25(28)34)31-24(33)19-14-29-26(30-15-19)32-12-4-7-23(32)18-5-3-6-20(27)13-18/h3,5-6,8-11,13-15,22-24,31,33H,2,4,7,12,16H2,1H3,(H2,28,34)/t22-,23?,24?/m0/s1. The lowest BCUT2D eigenvalue weighted by molar-refractivity contribution is 0.0917. The summed E-state index contributed by atoms with van der Waals surface area (Å²) in [4.78, 5) is 22.2. The van der Waals surface area contributed by atoms with E-state index in [4.69, 9.17) is 10.5 Å². The minimum absolute atomic E-state index is 0.0338. The second-order valence-corrected chi connectivity index (χ2v) is 11.2. The minimum Gasteiger partial charge on any atom is -0.448 e. The Morgan fingerprint density at radius 1 is 1.21 bits per heavy atom. The van der Waals surface area contributed by atoms with Crippen molar-refractivity contribution in [3.8, 4) is 0 Å². The molecular formula is C26H30FN5O5S. The molecule has 1 aliphatic rings. The number of ether oxygens (including phenoxy) is 1. The fourth-order valence-electron chi connectivity index (χ4n) is 4.45. The Kier molecular flexibility index (Phi) is 8.55. The van der Waals surface area contributed by atoms with Crippen LogP contribution in [0.1, 0.15) is 54.8 Å². The van der Waals surface area contributed by atoms with Gasteiger partial charge in [0.25, 0.3) is 0 Å². The van der Waals surface area contributed by atoms with Gasteiger partial charge in [-0.3, -0.25) is 5.32 Å². The van der Waals surface area contributed by atoms with Crippen molar-refractivity contribution in [3.05, 3.63) is 83.4 Å². The molecule has 4 N–H and O–H groups in total. The molecule has 1 saturated heterocycles. The van der Waals surface area contributed by atoms with Gasteiger partial charge in [0, 0.05) is 24.5 Å². The highest BCUT2D eigenvalue weighted by molar-refractivity contribution is 7.91. The number of carbonyl (C=O) groups excluding carboxylic acids is 1. The zero-order chi connectivity index (χ0) is 27.3. The van der Waals surface area contributed by atoms with E-state index in [0.717, 1.165) is 24.9 Å². The van der Waals surface area contributed by atoms with Crippen molar-refractivity contribution in [1.82, 2.24) is 15.3 Å². The highest BCUT2D eigenvalue weighted by Crippen LogP contribution is 2.34. The number of rotatable bonds is 10. The Morgan fingerprint density at radius 2 is 1.92 bits per heavy atom. The number of carbonyl (C=O) groups is 1. The molecule has 1 aromatic heterocycles. The molecule has 1 aliphatic heterocycles. The highest BCUT2D eigenvalue weighted by Gasteiger charge is 2.28. The van der Waals surface area contributed by atoms with E-state index in [0.29, 0.717) is 17.1 Å². The fraction of sp³-hybridized carbons (Fsp3) is 0.346. The van der Waals surface area contributed by atoms with Gasteiger partial charge in [0.1, 0.15) is 18.7 Å². The number of nitrogens with zero attached hydrogens (tertiary/aromatic N) is 3. The molecule has 0 aliphatic carbocycles. The third-order valence-corrected chi connectivity index (χ3v) is 8.24. The number of aliphatic hydroxyl groups is 1. The number of sulfone groups is 1. The molecule has 1 fully saturated rings. The van der Waals surface area contributed by atoms with E-state index in [-0.39, 0.29) is 29.1 Å². The summed E-state index contributed by atoms with van der Waals surface area (Å²) in [5.74, 6) is 0.138. The summed E-state index contributed by atoms with van der Waals surface area (Å²) in [6, 6.07) is 11.8. The molecule has 12 heteroatoms. The van der Waals surface area contributed by atoms with Crippen LogP contribution in [-0.2, 0) is 14.6 Å². The number of hydrogen-bond donors (Lipinski definition) is 3. The molecule has 2 aromatic carbocycles. The SMILES string of the molecule is CCS(=O)(=O)c1ccc([C@H](COC(N)=O)NC(O)c2cnc(N3CCCC3c3cccc(F)c3)nc2)cc1. The summed E-state index contributed by atoms with van der Waals surface area (Å²) in [6.45, 7) is 2.08. The van der Waals surface area contributed by atoms with Crippen LogP contribution in [0, 0.1) is 5.82 Å². The van der Waals surface area contributed by atoms with E-state index in [1.807, 2.05) is 11.0 Å². The molecule has 2 unspecified atom stereocenters. The topological polar surface area (TPSA) is 148 Å². The van der Waals surface area contributed by atoms with Crippen LogP contribution in [-0.4, -0.2) is 48.5 Å². The van der Waals surface area contributed by atoms with E-state index >= 15 is 0 Å². The molecule has 4 rings (SSSR count). The van der Waals surface area contributed by atoms with Gasteiger partial charge in [-0.2, -0.15) is 0 Å². The second-order valence-electron chi connectivity index (χ2n) is 8.95. The number of aliphatic hydroxyl groups excluding tert-OH is 1. The maximum absolute atomic E-state index is 13.8. The predicted octanol–water partition coefficient (Wildman–Crippen LogP) is 3.17. The number of amides is 1. The van der Waals surface area contributed by atoms with E-state index in [2.05, 4.69) is 15.3 Å². The van der Waals surface area contributed by atoms with Crippen molar-refractivity contribution in [1.29, 1.82) is 0 Å². The Bertz CT molecular complexity index is 1360. The number of nitrogens with two attached hydrogens (primary N) is 1. The van der Waals surface area contributed by atoms with Crippen LogP contribution >= 0.6 is 0 Å². The molecule has 0 spiro atoms. The minimum atomic E-state index is -3.38. The molecule has 3 aromatic rings. The Morgan fingerprint density at radius 3 is 2.55 bits per heavy atom. The molecule has 0 saturated carbocycles. The van der Waals surface area contributed by atoms with Gasteiger partial charge in [-0.25, -0.2) is 27.6 Å². The van der Waals surface area contributed by atoms with Crippen LogP contribution in [0.4, 0.5) is 15.1 Å². The Balaban J connectivity index is 1.49. The van der Waals surface area contributed by atoms with E-state index in [9.17, 15) is 22.7 Å². The number of aromatic nitrogens is 2. The van der Waals surface area contributed by atoms with Crippen molar-refractivity contribution >= 4 is 21.9 Å². The molecular weight excluding hydrogens is 513 g/mol. The molecule has 2 heterocycles. The van der Waals surface area contributed by atoms with Crippen LogP contribution in [0.3, 0.4) is 0 Å². The first-order chi connectivity index (χ1) is 18.2. The van der Waals surface area contributed by atoms with Gasteiger partial charge in [-0.1, -0.05) is 31.2 Å². The van der Waals surface area contributed by atoms with Gasteiger partial charge < -0.3 is 20.5 Å². The smallest absolute Gasteiger partial charge is 0.404 e. The van der Waals surface area contributed by atoms with Crippen molar-refractivity contribution in [3.63, 3.8) is 0 Å². The summed E-state index contributed by atoms with van der Waals surface area (Å²) < 4.78 is 43.0. The Hall–Kier alpha value is -3.61. The van der Waals surface area contributed by atoms with E-state index in [1.54, 1.807) is 25.1 Å². The maximum atomic E-state index is 13.8. The van der Waals surface area contributed by atoms with Crippen LogP contribution < -0.4 is 16.0 Å². The van der Waals surface area contributed by atoms with Gasteiger partial charge in [-0.05, 0) is 48.2 Å². The largest absolute Gasteiger partial charge is 0.448 e. The van der Waals surface area contributed by atoms with Crippen LogP contribution in [0.5, 0.6) is 0 Å². The zero-order valence-corrected chi connectivity index (χ0v) is 21.6. The Labute approximate surface area is 220 Å². The quantitative estimate of drug-likeness (QED) is 0.328. The van der Waals surface area contributed by atoms with Crippen LogP contribution in [0.2, 0.25) is 0 Å². The van der Waals surface area contributed by atoms with Gasteiger partial charge in [0.2, 0.25) is 5.95 Å². The molecule has 1 amide bonds. The zero-order valence-electron chi connectivity index (χ0n) is 20.8. The summed E-state index contributed by atoms with van der Waals surface area (Å²) in [7, 11) is -3.38. The lowest BCUT2D eigenvalue weighted by Crippen LogP contribution is -2.32. The molecule has 10 nitrogen and oxygen atoms in total. The monoisotopic (exact) mass is 543 g/mol. The first-order valence-electron chi connectivity index (χ1n) is 12.2. The van der Waals surface area contributed by atoms with Crippen LogP contribution in [0.25, 0.3) is 0 Å². The van der Waals surface area contributed by atoms with Crippen molar-refractivity contribution < 1.29 is 27.4 Å². The number of primary amides is 1. The van der Waals surface area contributed by atoms with Gasteiger partial charge >= 0.3 is 6.09 Å². The van der Waals surface area contributed by atoms with Gasteiger partial charge in [-0.15, -0.1) is 0 Å². The average Bonchev–Trinajstić information content (AvgIpc) is 3.41. The third kappa shape index (κ3) is 6.44. The summed E-state index contributed by atoms with van der Waals surface area (Å²) in [5.41, 5.74) is 6.92. The van der Waals surface area contributed by atoms with Crippen molar-refractivity contribution in [2.24, 2.45) is 5.73 Å². The predicted molar refractivity (Wildman–Crippen MR) is 138 cm³/mol. The molecule has 202 valence electrons. The average molecular weight is 544 g/mol. The summed E-state index contributed by atoms with van der Waals surface area (Å²) >= 11 is 0. The molecule has 3 atom stereocenters.